The van der Waals surface area contributed by atoms with Crippen molar-refractivity contribution in [1.29, 1.82) is 0 Å². The molecule has 0 unspecified atom stereocenters. The molecule has 0 fully saturated rings. The van der Waals surface area contributed by atoms with E-state index in [1.807, 2.05) is 0 Å². The van der Waals surface area contributed by atoms with Gasteiger partial charge in [0.2, 0.25) is 11.9 Å². The van der Waals surface area contributed by atoms with E-state index in [0.717, 1.165) is 10.7 Å². The van der Waals surface area contributed by atoms with Gasteiger partial charge in [0, 0.05) is 12.7 Å². The molecule has 0 saturated heterocycles. The zero-order chi connectivity index (χ0) is 14.9. The molecule has 0 aliphatic carbocycles. The second-order valence-corrected chi connectivity index (χ2v) is 4.08. The first kappa shape index (κ1) is 14.0. The van der Waals surface area contributed by atoms with Crippen molar-refractivity contribution in [3.05, 3.63) is 23.8 Å². The first-order valence-electron chi connectivity index (χ1n) is 5.53. The van der Waals surface area contributed by atoms with Crippen LogP contribution in [0.4, 0.5) is 19.1 Å². The molecule has 0 aromatic carbocycles. The van der Waals surface area contributed by atoms with Crippen LogP contribution in [0, 0.1) is 6.92 Å². The van der Waals surface area contributed by atoms with Gasteiger partial charge in [-0.05, 0) is 13.0 Å². The number of nitrogens with zero attached hydrogens (tertiary/aromatic N) is 5. The Hall–Kier alpha value is -2.39. The van der Waals surface area contributed by atoms with E-state index in [4.69, 9.17) is 0 Å². The Morgan fingerprint density at radius 2 is 2.15 bits per heavy atom. The maximum atomic E-state index is 12.5. The minimum Gasteiger partial charge on any atom is -0.293 e. The van der Waals surface area contributed by atoms with Crippen LogP contribution in [0.3, 0.4) is 0 Å². The molecular weight excluding hydrogens is 277 g/mol. The maximum Gasteiger partial charge on any atom is 0.435 e. The summed E-state index contributed by atoms with van der Waals surface area (Å²) < 4.78 is 39.7. The molecule has 108 valence electrons. The molecule has 20 heavy (non-hydrogen) atoms. The Balaban J connectivity index is 2.09. The average molecular weight is 288 g/mol. The van der Waals surface area contributed by atoms with E-state index in [-0.39, 0.29) is 18.2 Å². The van der Waals surface area contributed by atoms with Crippen LogP contribution in [0.5, 0.6) is 0 Å². The second-order valence-electron chi connectivity index (χ2n) is 4.08. The molecule has 0 bridgehead atoms. The number of anilines is 1. The number of hydrogen-bond donors (Lipinski definition) is 1. The number of carbonyl (C=O) groups is 1. The predicted octanol–water partition coefficient (Wildman–Crippen LogP) is 0.978. The summed E-state index contributed by atoms with van der Waals surface area (Å²) in [6, 6.07) is 0.885. The van der Waals surface area contributed by atoms with Crippen molar-refractivity contribution in [2.45, 2.75) is 19.6 Å². The highest BCUT2D eigenvalue weighted by Gasteiger charge is 2.34. The smallest absolute Gasteiger partial charge is 0.293 e. The lowest BCUT2D eigenvalue weighted by atomic mass is 10.3. The normalized spacial score (nSPS) is 11.7. The monoisotopic (exact) mass is 288 g/mol. The second kappa shape index (κ2) is 4.94. The summed E-state index contributed by atoms with van der Waals surface area (Å²) in [6.45, 7) is 1.10. The number of alkyl halides is 3. The topological polar surface area (TPSA) is 77.6 Å². The Morgan fingerprint density at radius 3 is 2.65 bits per heavy atom. The van der Waals surface area contributed by atoms with Crippen molar-refractivity contribution in [2.24, 2.45) is 7.05 Å². The highest BCUT2D eigenvalue weighted by atomic mass is 19.4. The molecule has 10 heteroatoms. The number of halogens is 3. The molecule has 1 N–H and O–H groups in total. The molecule has 2 heterocycles. The molecule has 2 aromatic heterocycles. The molecule has 0 atom stereocenters. The zero-order valence-corrected chi connectivity index (χ0v) is 10.6. The SMILES string of the molecule is Cc1cc(C(F)(F)F)nn1CC(=O)Nc1ncnn1C. The Morgan fingerprint density at radius 1 is 1.45 bits per heavy atom. The van der Waals surface area contributed by atoms with Gasteiger partial charge in [-0.3, -0.25) is 14.8 Å². The Labute approximate surface area is 111 Å². The van der Waals surface area contributed by atoms with E-state index in [9.17, 15) is 18.0 Å². The van der Waals surface area contributed by atoms with Crippen LogP contribution in [-0.2, 0) is 24.6 Å². The fourth-order valence-corrected chi connectivity index (χ4v) is 1.52. The largest absolute Gasteiger partial charge is 0.435 e. The van der Waals surface area contributed by atoms with Gasteiger partial charge in [0.15, 0.2) is 5.69 Å². The number of aryl methyl sites for hydroxylation is 2. The van der Waals surface area contributed by atoms with Crippen LogP contribution in [0.15, 0.2) is 12.4 Å². The summed E-state index contributed by atoms with van der Waals surface area (Å²) in [4.78, 5) is 15.5. The molecule has 0 aliphatic heterocycles. The van der Waals surface area contributed by atoms with Crippen molar-refractivity contribution in [3.63, 3.8) is 0 Å². The van der Waals surface area contributed by atoms with Gasteiger partial charge in [0.1, 0.15) is 12.9 Å². The van der Waals surface area contributed by atoms with E-state index < -0.39 is 17.8 Å². The van der Waals surface area contributed by atoms with Crippen LogP contribution < -0.4 is 5.32 Å². The molecule has 2 rings (SSSR count). The quantitative estimate of drug-likeness (QED) is 0.913. The van der Waals surface area contributed by atoms with E-state index >= 15 is 0 Å². The lowest BCUT2D eigenvalue weighted by molar-refractivity contribution is -0.141. The van der Waals surface area contributed by atoms with E-state index in [1.54, 1.807) is 7.05 Å². The summed E-state index contributed by atoms with van der Waals surface area (Å²) in [6.07, 6.45) is -3.29. The molecule has 0 saturated carbocycles. The predicted molar refractivity (Wildman–Crippen MR) is 61.6 cm³/mol. The highest BCUT2D eigenvalue weighted by Crippen LogP contribution is 2.28. The Kier molecular flexibility index (Phi) is 3.47. The van der Waals surface area contributed by atoms with Gasteiger partial charge in [-0.15, -0.1) is 0 Å². The van der Waals surface area contributed by atoms with Gasteiger partial charge in [0.25, 0.3) is 0 Å². The molecule has 7 nitrogen and oxygen atoms in total. The number of aromatic nitrogens is 5. The highest BCUT2D eigenvalue weighted by molar-refractivity contribution is 5.88. The van der Waals surface area contributed by atoms with Gasteiger partial charge in [0.05, 0.1) is 0 Å². The molecule has 0 radical (unpaired) electrons. The lowest BCUT2D eigenvalue weighted by Gasteiger charge is -2.05. The molecule has 0 spiro atoms. The standard InChI is InChI=1S/C10H11F3N6O/c1-6-3-7(10(11,12)13)17-19(6)4-8(20)16-9-14-5-15-18(9)2/h3,5H,4H2,1-2H3,(H,14,15,16,20). The van der Waals surface area contributed by atoms with Gasteiger partial charge >= 0.3 is 6.18 Å². The fourth-order valence-electron chi connectivity index (χ4n) is 1.52. The van der Waals surface area contributed by atoms with Gasteiger partial charge < -0.3 is 0 Å². The number of hydrogen-bond acceptors (Lipinski definition) is 4. The van der Waals surface area contributed by atoms with Crippen LogP contribution >= 0.6 is 0 Å². The Bertz CT molecular complexity index is 629. The first-order valence-corrected chi connectivity index (χ1v) is 5.53. The number of carbonyl (C=O) groups excluding carboxylic acids is 1. The third-order valence-corrected chi connectivity index (χ3v) is 2.53. The molecule has 0 aliphatic rings. The minimum absolute atomic E-state index is 0.204. The average Bonchev–Trinajstić information content (AvgIpc) is 2.87. The first-order chi connectivity index (χ1) is 9.27. The summed E-state index contributed by atoms with van der Waals surface area (Å²) in [5.74, 6) is -0.336. The summed E-state index contributed by atoms with van der Waals surface area (Å²) >= 11 is 0. The van der Waals surface area contributed by atoms with Crippen LogP contribution in [0.25, 0.3) is 0 Å². The lowest BCUT2D eigenvalue weighted by Crippen LogP contribution is -2.22. The van der Waals surface area contributed by atoms with Crippen LogP contribution in [0.1, 0.15) is 11.4 Å². The van der Waals surface area contributed by atoms with Crippen molar-refractivity contribution >= 4 is 11.9 Å². The van der Waals surface area contributed by atoms with Gasteiger partial charge in [-0.1, -0.05) is 0 Å². The maximum absolute atomic E-state index is 12.5. The number of rotatable bonds is 3. The van der Waals surface area contributed by atoms with Crippen molar-refractivity contribution < 1.29 is 18.0 Å². The summed E-state index contributed by atoms with van der Waals surface area (Å²) in [7, 11) is 1.57. The zero-order valence-electron chi connectivity index (χ0n) is 10.6. The van der Waals surface area contributed by atoms with E-state index in [2.05, 4.69) is 20.5 Å². The summed E-state index contributed by atoms with van der Waals surface area (Å²) in [5.41, 5.74) is -0.785. The minimum atomic E-state index is -4.53. The number of nitrogens with one attached hydrogen (secondary N) is 1. The molecular formula is C10H11F3N6O. The molecule has 2 aromatic rings. The molecule has 1 amide bonds. The number of amides is 1. The van der Waals surface area contributed by atoms with Crippen LogP contribution in [0.2, 0.25) is 0 Å². The van der Waals surface area contributed by atoms with E-state index in [1.165, 1.54) is 17.9 Å². The van der Waals surface area contributed by atoms with Crippen molar-refractivity contribution in [3.8, 4) is 0 Å². The van der Waals surface area contributed by atoms with Crippen molar-refractivity contribution in [2.75, 3.05) is 5.32 Å². The van der Waals surface area contributed by atoms with Crippen LogP contribution in [-0.4, -0.2) is 30.5 Å². The third kappa shape index (κ3) is 2.95. The summed E-state index contributed by atoms with van der Waals surface area (Å²) in [5, 5.41) is 9.53. The van der Waals surface area contributed by atoms with Gasteiger partial charge in [-0.25, -0.2) is 4.68 Å². The van der Waals surface area contributed by atoms with E-state index in [0.29, 0.717) is 0 Å². The van der Waals surface area contributed by atoms with Gasteiger partial charge in [-0.2, -0.15) is 28.4 Å². The van der Waals surface area contributed by atoms with Crippen molar-refractivity contribution in [1.82, 2.24) is 24.5 Å². The fraction of sp³-hybridized carbons (Fsp3) is 0.400. The third-order valence-electron chi connectivity index (χ3n) is 2.53.